The van der Waals surface area contributed by atoms with Gasteiger partial charge in [0.2, 0.25) is 0 Å². The second kappa shape index (κ2) is 6.87. The van der Waals surface area contributed by atoms with Crippen molar-refractivity contribution in [1.82, 2.24) is 9.78 Å². The molecule has 0 fully saturated rings. The van der Waals surface area contributed by atoms with Crippen LogP contribution in [-0.4, -0.2) is 32.4 Å². The third-order valence-electron chi connectivity index (χ3n) is 2.94. The average Bonchev–Trinajstić information content (AvgIpc) is 2.54. The van der Waals surface area contributed by atoms with E-state index in [2.05, 4.69) is 27.8 Å². The first-order valence-electron chi connectivity index (χ1n) is 6.85. The van der Waals surface area contributed by atoms with Crippen molar-refractivity contribution in [2.45, 2.75) is 13.5 Å². The zero-order valence-corrected chi connectivity index (χ0v) is 14.1. The molecule has 112 valence electrons. The van der Waals surface area contributed by atoms with Gasteiger partial charge in [-0.05, 0) is 31.2 Å². The van der Waals surface area contributed by atoms with E-state index in [-0.39, 0.29) is 15.1 Å². The number of carbonyl (C=O) groups excluding carboxylic acids is 1. The van der Waals surface area contributed by atoms with Crippen LogP contribution in [0.3, 0.4) is 0 Å². The van der Waals surface area contributed by atoms with Gasteiger partial charge in [-0.3, -0.25) is 4.79 Å². The lowest BCUT2D eigenvalue weighted by molar-refractivity contribution is 0.0597. The molecule has 0 unspecified atom stereocenters. The normalized spacial score (nSPS) is 10.3. The van der Waals surface area contributed by atoms with Gasteiger partial charge in [-0.15, -0.1) is 5.54 Å². The molecule has 0 bridgehead atoms. The molecule has 0 spiro atoms. The monoisotopic (exact) mass is 312 g/mol. The zero-order valence-electron chi connectivity index (χ0n) is 12.7. The highest BCUT2D eigenvalue weighted by Crippen LogP contribution is 2.08. The summed E-state index contributed by atoms with van der Waals surface area (Å²) < 4.78 is 5.85. The van der Waals surface area contributed by atoms with Crippen LogP contribution in [0.15, 0.2) is 35.1 Å². The van der Waals surface area contributed by atoms with Crippen LogP contribution < -0.4 is 5.56 Å². The number of benzene rings is 1. The first-order valence-corrected chi connectivity index (χ1v) is 8.97. The van der Waals surface area contributed by atoms with E-state index in [4.69, 9.17) is 0 Å². The number of ether oxygens (including phenoxy) is 1. The Kier molecular flexibility index (Phi) is 4.91. The Labute approximate surface area is 130 Å². The van der Waals surface area contributed by atoms with Gasteiger partial charge >= 0.3 is 5.97 Å². The van der Waals surface area contributed by atoms with Gasteiger partial charge in [0.05, 0.1) is 18.5 Å². The number of esters is 1. The maximum atomic E-state index is 12.4. The van der Waals surface area contributed by atoms with Crippen molar-refractivity contribution < 1.29 is 9.53 Å². The van der Waals surface area contributed by atoms with Gasteiger partial charge in [-0.2, -0.15) is 9.78 Å². The van der Waals surface area contributed by atoms with Gasteiger partial charge in [-0.25, -0.2) is 4.79 Å². The summed E-state index contributed by atoms with van der Waals surface area (Å²) in [4.78, 5) is 24.1. The third kappa shape index (κ3) is 3.32. The van der Waals surface area contributed by atoms with E-state index in [0.717, 1.165) is 5.56 Å². The number of nitrogens with zero attached hydrogens (tertiary/aromatic N) is 2. The Bertz CT molecular complexity index is 831. The highest BCUT2D eigenvalue weighted by Gasteiger charge is 2.15. The van der Waals surface area contributed by atoms with Gasteiger partial charge in [0.15, 0.2) is 0 Å². The average molecular weight is 312 g/mol. The molecule has 0 saturated heterocycles. The van der Waals surface area contributed by atoms with Crippen molar-refractivity contribution in [2.75, 3.05) is 7.11 Å². The van der Waals surface area contributed by atoms with Crippen LogP contribution in [0.4, 0.5) is 0 Å². The Morgan fingerprint density at radius 3 is 2.82 bits per heavy atom. The number of hydrogen-bond acceptors (Lipinski definition) is 4. The molecule has 0 aliphatic heterocycles. The molecule has 0 aliphatic rings. The molecule has 0 saturated carbocycles. The molecule has 0 radical (unpaired) electrons. The van der Waals surface area contributed by atoms with Gasteiger partial charge in [0.25, 0.3) is 5.56 Å². The topological polar surface area (TPSA) is 61.2 Å². The summed E-state index contributed by atoms with van der Waals surface area (Å²) in [7, 11) is 0.897. The molecular formula is C16H16N2O3Si. The molecule has 0 amide bonds. The number of rotatable bonds is 2. The van der Waals surface area contributed by atoms with Crippen LogP contribution in [-0.2, 0) is 4.74 Å². The summed E-state index contributed by atoms with van der Waals surface area (Å²) in [6.45, 7) is 3.82. The first kappa shape index (κ1) is 15.7. The molecule has 2 aromatic rings. The molecule has 6 heteroatoms. The van der Waals surface area contributed by atoms with Gasteiger partial charge in [-0.1, -0.05) is 18.5 Å². The molecule has 2 rings (SSSR count). The van der Waals surface area contributed by atoms with Crippen LogP contribution in [0.1, 0.15) is 21.6 Å². The molecule has 0 atom stereocenters. The van der Waals surface area contributed by atoms with E-state index in [9.17, 15) is 9.59 Å². The number of hydrogen-bond donors (Lipinski definition) is 0. The quantitative estimate of drug-likeness (QED) is 0.469. The van der Waals surface area contributed by atoms with E-state index in [1.807, 2.05) is 12.1 Å². The minimum absolute atomic E-state index is 0.0348. The van der Waals surface area contributed by atoms with Gasteiger partial charge in [0.1, 0.15) is 15.1 Å². The third-order valence-corrected chi connectivity index (χ3v) is 3.47. The molecule has 0 N–H and O–H groups in total. The maximum Gasteiger partial charge on any atom is 0.343 e. The maximum absolute atomic E-state index is 12.4. The zero-order chi connectivity index (χ0) is 16.1. The van der Waals surface area contributed by atoms with Crippen LogP contribution in [0.2, 0.25) is 6.55 Å². The highest BCUT2D eigenvalue weighted by molar-refractivity contribution is 6.44. The van der Waals surface area contributed by atoms with Crippen LogP contribution >= 0.6 is 0 Å². The van der Waals surface area contributed by atoms with Crippen molar-refractivity contribution in [2.24, 2.45) is 0 Å². The van der Waals surface area contributed by atoms with E-state index < -0.39 is 11.5 Å². The molecule has 1 aromatic carbocycles. The second-order valence-electron chi connectivity index (χ2n) is 4.61. The first-order chi connectivity index (χ1) is 10.6. The number of aromatic nitrogens is 2. The fourth-order valence-electron chi connectivity index (χ4n) is 1.95. The van der Waals surface area contributed by atoms with Gasteiger partial charge < -0.3 is 4.74 Å². The van der Waals surface area contributed by atoms with Crippen molar-refractivity contribution in [3.63, 3.8) is 0 Å². The SMILES string of the molecule is COC(=O)c1cc(C)nn(-c2cccc(C#C[SiH2]C)c2)c1=O. The lowest BCUT2D eigenvalue weighted by Crippen LogP contribution is -2.28. The van der Waals surface area contributed by atoms with Crippen molar-refractivity contribution in [3.8, 4) is 17.2 Å². The fourth-order valence-corrected chi connectivity index (χ4v) is 2.33. The second-order valence-corrected chi connectivity index (χ2v) is 5.67. The molecular weight excluding hydrogens is 296 g/mol. The lowest BCUT2D eigenvalue weighted by atomic mass is 10.2. The lowest BCUT2D eigenvalue weighted by Gasteiger charge is -2.08. The number of aryl methyl sites for hydroxylation is 1. The molecule has 5 nitrogen and oxygen atoms in total. The predicted molar refractivity (Wildman–Crippen MR) is 87.2 cm³/mol. The molecule has 0 aliphatic carbocycles. The minimum atomic E-state index is -0.669. The van der Waals surface area contributed by atoms with E-state index in [1.54, 1.807) is 19.1 Å². The Morgan fingerprint density at radius 2 is 2.14 bits per heavy atom. The van der Waals surface area contributed by atoms with Crippen LogP contribution in [0, 0.1) is 18.4 Å². The van der Waals surface area contributed by atoms with Crippen molar-refractivity contribution in [1.29, 1.82) is 0 Å². The summed E-state index contributed by atoms with van der Waals surface area (Å²) in [6, 6.07) is 8.65. The highest BCUT2D eigenvalue weighted by atomic mass is 28.2. The summed E-state index contributed by atoms with van der Waals surface area (Å²) >= 11 is 0. The fraction of sp³-hybridized carbons (Fsp3) is 0.188. The van der Waals surface area contributed by atoms with Crippen LogP contribution in [0.25, 0.3) is 5.69 Å². The van der Waals surface area contributed by atoms with E-state index in [0.29, 0.717) is 11.4 Å². The molecule has 1 aromatic heterocycles. The molecule has 22 heavy (non-hydrogen) atoms. The smallest absolute Gasteiger partial charge is 0.343 e. The summed E-state index contributed by atoms with van der Waals surface area (Å²) in [5, 5.41) is 4.20. The standard InChI is InChI=1S/C16H16N2O3Si/c1-11-9-14(16(20)21-2)15(19)18(17-11)13-6-4-5-12(10-13)7-8-22-3/h4-6,9-10H,22H2,1-3H3. The number of methoxy groups -OCH3 is 1. The largest absolute Gasteiger partial charge is 0.465 e. The summed E-state index contributed by atoms with van der Waals surface area (Å²) in [6.07, 6.45) is 0. The van der Waals surface area contributed by atoms with Crippen molar-refractivity contribution >= 4 is 15.5 Å². The van der Waals surface area contributed by atoms with Crippen LogP contribution in [0.5, 0.6) is 0 Å². The van der Waals surface area contributed by atoms with E-state index >= 15 is 0 Å². The summed E-state index contributed by atoms with van der Waals surface area (Å²) in [5.74, 6) is 2.39. The molecule has 1 heterocycles. The Morgan fingerprint density at radius 1 is 1.36 bits per heavy atom. The number of carbonyl (C=O) groups is 1. The minimum Gasteiger partial charge on any atom is -0.465 e. The Hall–Kier alpha value is -2.65. The van der Waals surface area contributed by atoms with Crippen molar-refractivity contribution in [3.05, 3.63) is 57.5 Å². The summed E-state index contributed by atoms with van der Waals surface area (Å²) in [5.41, 5.74) is 4.52. The Balaban J connectivity index is 2.60. The van der Waals surface area contributed by atoms with Gasteiger partial charge in [0, 0.05) is 5.56 Å². The predicted octanol–water partition coefficient (Wildman–Crippen LogP) is 0.853. The van der Waals surface area contributed by atoms with E-state index in [1.165, 1.54) is 17.9 Å².